The lowest BCUT2D eigenvalue weighted by Crippen LogP contribution is -2.29. The van der Waals surface area contributed by atoms with Crippen LogP contribution in [0, 0.1) is 0 Å². The Kier molecular flexibility index (Phi) is 2.89. The highest BCUT2D eigenvalue weighted by Crippen LogP contribution is 2.24. The highest BCUT2D eigenvalue weighted by molar-refractivity contribution is 5.56. The van der Waals surface area contributed by atoms with Crippen molar-refractivity contribution in [2.75, 3.05) is 19.0 Å². The second-order valence-electron chi connectivity index (χ2n) is 3.49. The summed E-state index contributed by atoms with van der Waals surface area (Å²) in [5, 5.41) is 6.81. The van der Waals surface area contributed by atoms with Gasteiger partial charge in [0.1, 0.15) is 5.75 Å². The van der Waals surface area contributed by atoms with Crippen LogP contribution in [0.3, 0.4) is 0 Å². The number of methoxy groups -OCH3 is 1. The first-order chi connectivity index (χ1) is 6.90. The van der Waals surface area contributed by atoms with Gasteiger partial charge in [0.25, 0.3) is 0 Å². The molecule has 0 saturated carbocycles. The number of hydrogen-bond acceptors (Lipinski definition) is 3. The van der Waals surface area contributed by atoms with E-state index in [1.165, 1.54) is 12.8 Å². The second kappa shape index (κ2) is 4.33. The van der Waals surface area contributed by atoms with E-state index < -0.39 is 0 Å². The minimum absolute atomic E-state index is 0.395. The van der Waals surface area contributed by atoms with Gasteiger partial charge in [-0.25, -0.2) is 0 Å². The van der Waals surface area contributed by atoms with Crippen LogP contribution in [-0.2, 0) is 0 Å². The third-order valence-corrected chi connectivity index (χ3v) is 2.50. The first-order valence-electron chi connectivity index (χ1n) is 5.03. The Bertz CT molecular complexity index is 295. The van der Waals surface area contributed by atoms with Crippen molar-refractivity contribution in [3.63, 3.8) is 0 Å². The average Bonchev–Trinajstić information content (AvgIpc) is 2.71. The van der Waals surface area contributed by atoms with Crippen LogP contribution in [0.1, 0.15) is 12.8 Å². The van der Waals surface area contributed by atoms with Crippen LogP contribution in [0.5, 0.6) is 5.75 Å². The Morgan fingerprint density at radius 1 is 1.43 bits per heavy atom. The van der Waals surface area contributed by atoms with Gasteiger partial charge in [-0.1, -0.05) is 12.1 Å². The monoisotopic (exact) mass is 192 g/mol. The van der Waals surface area contributed by atoms with Gasteiger partial charge in [0.2, 0.25) is 0 Å². The topological polar surface area (TPSA) is 33.3 Å². The maximum atomic E-state index is 5.27. The van der Waals surface area contributed by atoms with Crippen molar-refractivity contribution in [2.45, 2.75) is 19.0 Å². The molecule has 1 fully saturated rings. The molecule has 1 unspecified atom stereocenters. The average molecular weight is 192 g/mol. The minimum atomic E-state index is 0.395. The van der Waals surface area contributed by atoms with Gasteiger partial charge in [-0.05, 0) is 31.5 Å². The molecule has 1 aromatic carbocycles. The lowest BCUT2D eigenvalue weighted by Gasteiger charge is -2.16. The first kappa shape index (κ1) is 9.34. The van der Waals surface area contributed by atoms with Crippen molar-refractivity contribution in [3.05, 3.63) is 24.3 Å². The molecule has 1 aliphatic rings. The molecule has 2 N–H and O–H groups in total. The summed E-state index contributed by atoms with van der Waals surface area (Å²) in [7, 11) is 1.70. The van der Waals surface area contributed by atoms with Gasteiger partial charge in [-0.2, -0.15) is 0 Å². The molecular weight excluding hydrogens is 176 g/mol. The number of rotatable bonds is 3. The molecule has 14 heavy (non-hydrogen) atoms. The van der Waals surface area contributed by atoms with E-state index in [-0.39, 0.29) is 0 Å². The number of nitrogens with one attached hydrogen (secondary N) is 2. The summed E-state index contributed by atoms with van der Waals surface area (Å²) in [6, 6.07) is 8.00. The predicted molar refractivity (Wildman–Crippen MR) is 57.6 cm³/mol. The van der Waals surface area contributed by atoms with E-state index in [1.807, 2.05) is 24.3 Å². The summed E-state index contributed by atoms with van der Waals surface area (Å²) in [5.74, 6) is 0.904. The maximum Gasteiger partial charge on any atom is 0.141 e. The van der Waals surface area contributed by atoms with E-state index in [1.54, 1.807) is 7.11 Å². The largest absolute Gasteiger partial charge is 0.495 e. The zero-order chi connectivity index (χ0) is 9.80. The molecular formula is C11H16N2O. The lowest BCUT2D eigenvalue weighted by atomic mass is 10.2. The van der Waals surface area contributed by atoms with Crippen molar-refractivity contribution in [1.82, 2.24) is 5.32 Å². The summed E-state index contributed by atoms with van der Waals surface area (Å²) in [4.78, 5) is 0. The molecule has 0 aromatic heterocycles. The summed E-state index contributed by atoms with van der Waals surface area (Å²) in [5.41, 5.74) is 1.06. The van der Waals surface area contributed by atoms with Crippen LogP contribution >= 0.6 is 0 Å². The molecule has 1 atom stereocenters. The molecule has 1 saturated heterocycles. The van der Waals surface area contributed by atoms with Crippen LogP contribution in [0.15, 0.2) is 24.3 Å². The summed E-state index contributed by atoms with van der Waals surface area (Å²) < 4.78 is 5.27. The number of benzene rings is 1. The van der Waals surface area contributed by atoms with E-state index in [0.717, 1.165) is 18.0 Å². The zero-order valence-electron chi connectivity index (χ0n) is 8.42. The normalized spacial score (nSPS) is 20.8. The standard InChI is InChI=1S/C11H16N2O/c1-14-10-6-3-2-5-9(10)13-11-7-4-8-12-11/h2-3,5-6,11-13H,4,7-8H2,1H3. The molecule has 0 amide bonds. The molecule has 1 aliphatic heterocycles. The summed E-state index contributed by atoms with van der Waals surface area (Å²) >= 11 is 0. The van der Waals surface area contributed by atoms with E-state index in [4.69, 9.17) is 4.74 Å². The predicted octanol–water partition coefficient (Wildman–Crippen LogP) is 1.82. The van der Waals surface area contributed by atoms with Gasteiger partial charge in [-0.3, -0.25) is 5.32 Å². The second-order valence-corrected chi connectivity index (χ2v) is 3.49. The maximum absolute atomic E-state index is 5.27. The van der Waals surface area contributed by atoms with Crippen molar-refractivity contribution >= 4 is 5.69 Å². The highest BCUT2D eigenvalue weighted by atomic mass is 16.5. The van der Waals surface area contributed by atoms with E-state index >= 15 is 0 Å². The SMILES string of the molecule is COc1ccccc1NC1CCCN1. The Morgan fingerprint density at radius 2 is 2.29 bits per heavy atom. The van der Waals surface area contributed by atoms with Crippen LogP contribution in [0.4, 0.5) is 5.69 Å². The smallest absolute Gasteiger partial charge is 0.141 e. The van der Waals surface area contributed by atoms with E-state index in [2.05, 4.69) is 10.6 Å². The Hall–Kier alpha value is -1.22. The molecule has 2 rings (SSSR count). The molecule has 0 aliphatic carbocycles. The van der Waals surface area contributed by atoms with E-state index in [9.17, 15) is 0 Å². The fourth-order valence-corrected chi connectivity index (χ4v) is 1.76. The van der Waals surface area contributed by atoms with Gasteiger partial charge < -0.3 is 10.1 Å². The highest BCUT2D eigenvalue weighted by Gasteiger charge is 2.14. The number of para-hydroxylation sites is 2. The van der Waals surface area contributed by atoms with Gasteiger partial charge in [-0.15, -0.1) is 0 Å². The van der Waals surface area contributed by atoms with Gasteiger partial charge >= 0.3 is 0 Å². The van der Waals surface area contributed by atoms with E-state index in [0.29, 0.717) is 6.17 Å². The van der Waals surface area contributed by atoms with Gasteiger partial charge in [0.15, 0.2) is 0 Å². The Balaban J connectivity index is 2.07. The lowest BCUT2D eigenvalue weighted by molar-refractivity contribution is 0.415. The van der Waals surface area contributed by atoms with Gasteiger partial charge in [0.05, 0.1) is 19.0 Å². The molecule has 3 heteroatoms. The van der Waals surface area contributed by atoms with Crippen LogP contribution in [0.2, 0.25) is 0 Å². The Morgan fingerprint density at radius 3 is 3.00 bits per heavy atom. The third kappa shape index (κ3) is 1.99. The fraction of sp³-hybridized carbons (Fsp3) is 0.455. The van der Waals surface area contributed by atoms with Crippen molar-refractivity contribution < 1.29 is 4.74 Å². The number of hydrogen-bond donors (Lipinski definition) is 2. The molecule has 76 valence electrons. The van der Waals surface area contributed by atoms with Crippen LogP contribution < -0.4 is 15.4 Å². The van der Waals surface area contributed by atoms with Crippen molar-refractivity contribution in [3.8, 4) is 5.75 Å². The van der Waals surface area contributed by atoms with Crippen molar-refractivity contribution in [1.29, 1.82) is 0 Å². The van der Waals surface area contributed by atoms with Crippen LogP contribution in [0.25, 0.3) is 0 Å². The molecule has 3 nitrogen and oxygen atoms in total. The fourth-order valence-electron chi connectivity index (χ4n) is 1.76. The van der Waals surface area contributed by atoms with Gasteiger partial charge in [0, 0.05) is 0 Å². The molecule has 0 bridgehead atoms. The number of ether oxygens (including phenoxy) is 1. The quantitative estimate of drug-likeness (QED) is 0.766. The summed E-state index contributed by atoms with van der Waals surface area (Å²) in [6.45, 7) is 1.10. The molecule has 0 radical (unpaired) electrons. The number of anilines is 1. The van der Waals surface area contributed by atoms with Crippen LogP contribution in [-0.4, -0.2) is 19.8 Å². The molecule has 0 spiro atoms. The zero-order valence-corrected chi connectivity index (χ0v) is 8.42. The van der Waals surface area contributed by atoms with Crippen molar-refractivity contribution in [2.24, 2.45) is 0 Å². The third-order valence-electron chi connectivity index (χ3n) is 2.50. The first-order valence-corrected chi connectivity index (χ1v) is 5.03. The Labute approximate surface area is 84.5 Å². The molecule has 1 aromatic rings. The summed E-state index contributed by atoms with van der Waals surface area (Å²) in [6.07, 6.45) is 2.82. The molecule has 1 heterocycles. The minimum Gasteiger partial charge on any atom is -0.495 e.